The topological polar surface area (TPSA) is 95.4 Å². The zero-order chi connectivity index (χ0) is 28.9. The van der Waals surface area contributed by atoms with Crippen molar-refractivity contribution in [1.29, 1.82) is 0 Å². The number of nitrogens with zero attached hydrogens (tertiary/aromatic N) is 5. The van der Waals surface area contributed by atoms with E-state index in [1.807, 2.05) is 40.2 Å². The maximum atomic E-state index is 14.2. The summed E-state index contributed by atoms with van der Waals surface area (Å²) >= 11 is 6.17. The van der Waals surface area contributed by atoms with E-state index in [9.17, 15) is 9.59 Å². The summed E-state index contributed by atoms with van der Waals surface area (Å²) in [5, 5.41) is 11.9. The van der Waals surface area contributed by atoms with Crippen LogP contribution in [0.25, 0.3) is 0 Å². The largest absolute Gasteiger partial charge is 0.341 e. The number of likely N-dealkylation sites (tertiary alicyclic amines) is 1. The summed E-state index contributed by atoms with van der Waals surface area (Å²) in [5.74, 6) is 0.896. The molecule has 2 saturated carbocycles. The van der Waals surface area contributed by atoms with E-state index in [0.29, 0.717) is 23.4 Å². The lowest BCUT2D eigenvalue weighted by Gasteiger charge is -2.48. The van der Waals surface area contributed by atoms with E-state index in [1.54, 1.807) is 6.33 Å². The minimum Gasteiger partial charge on any atom is -0.341 e. The van der Waals surface area contributed by atoms with Crippen LogP contribution >= 0.6 is 11.6 Å². The Morgan fingerprint density at radius 2 is 1.76 bits per heavy atom. The first kappa shape index (κ1) is 29.4. The van der Waals surface area contributed by atoms with Gasteiger partial charge >= 0.3 is 6.03 Å². The van der Waals surface area contributed by atoms with Crippen molar-refractivity contribution in [3.63, 3.8) is 0 Å². The number of halogens is 1. The van der Waals surface area contributed by atoms with Gasteiger partial charge in [0.05, 0.1) is 6.04 Å². The number of hydrogen-bond acceptors (Lipinski definition) is 5. The number of piperidine rings is 1. The van der Waals surface area contributed by atoms with Crippen molar-refractivity contribution in [2.75, 3.05) is 26.2 Å². The first-order valence-electron chi connectivity index (χ1n) is 16.2. The Balaban J connectivity index is 1.12. The molecule has 1 aromatic heterocycles. The van der Waals surface area contributed by atoms with Gasteiger partial charge in [-0.1, -0.05) is 43.0 Å². The first-order valence-corrected chi connectivity index (χ1v) is 16.5. The van der Waals surface area contributed by atoms with Crippen molar-refractivity contribution in [3.8, 4) is 0 Å². The number of amides is 3. The molecule has 0 unspecified atom stereocenters. The van der Waals surface area contributed by atoms with Crippen LogP contribution in [0.5, 0.6) is 0 Å². The molecule has 2 saturated heterocycles. The molecule has 2 aliphatic carbocycles. The molecule has 0 spiro atoms. The van der Waals surface area contributed by atoms with Crippen LogP contribution < -0.4 is 10.6 Å². The monoisotopic (exact) mass is 595 g/mol. The molecule has 2 aliphatic heterocycles. The van der Waals surface area contributed by atoms with Gasteiger partial charge in [0, 0.05) is 49.8 Å². The van der Waals surface area contributed by atoms with Crippen LogP contribution in [0.3, 0.4) is 0 Å². The number of carbonyl (C=O) groups is 2. The Hall–Kier alpha value is -2.65. The summed E-state index contributed by atoms with van der Waals surface area (Å²) in [6.07, 6.45) is 16.6. The molecule has 228 valence electrons. The molecule has 6 rings (SSSR count). The average molecular weight is 596 g/mol. The molecule has 0 radical (unpaired) electrons. The Labute approximate surface area is 254 Å². The minimum absolute atomic E-state index is 0.0698. The molecular weight excluding hydrogens is 550 g/mol. The highest BCUT2D eigenvalue weighted by Gasteiger charge is 2.44. The Kier molecular flexibility index (Phi) is 9.34. The maximum absolute atomic E-state index is 14.2. The summed E-state index contributed by atoms with van der Waals surface area (Å²) in [6.45, 7) is 4.02. The summed E-state index contributed by atoms with van der Waals surface area (Å²) in [4.78, 5) is 34.7. The van der Waals surface area contributed by atoms with E-state index in [2.05, 4.69) is 25.6 Å². The van der Waals surface area contributed by atoms with E-state index in [0.717, 1.165) is 76.8 Å². The van der Waals surface area contributed by atoms with Crippen LogP contribution in [0.1, 0.15) is 76.2 Å². The van der Waals surface area contributed by atoms with Crippen LogP contribution in [-0.2, 0) is 17.8 Å². The highest BCUT2D eigenvalue weighted by atomic mass is 35.5. The number of nitrogens with one attached hydrogen (secondary N) is 2. The molecule has 1 atom stereocenters. The third kappa shape index (κ3) is 6.77. The summed E-state index contributed by atoms with van der Waals surface area (Å²) < 4.78 is 2.01. The molecule has 3 amide bonds. The van der Waals surface area contributed by atoms with Gasteiger partial charge < -0.3 is 20.4 Å². The lowest BCUT2D eigenvalue weighted by molar-refractivity contribution is -0.137. The number of benzene rings is 1. The highest BCUT2D eigenvalue weighted by Crippen LogP contribution is 2.47. The first-order chi connectivity index (χ1) is 20.5. The van der Waals surface area contributed by atoms with Crippen LogP contribution in [0.4, 0.5) is 4.79 Å². The lowest BCUT2D eigenvalue weighted by Crippen LogP contribution is -2.56. The fourth-order valence-corrected chi connectivity index (χ4v) is 8.31. The van der Waals surface area contributed by atoms with Gasteiger partial charge in [-0.3, -0.25) is 9.48 Å². The normalized spacial score (nSPS) is 25.8. The van der Waals surface area contributed by atoms with Gasteiger partial charge in [0.15, 0.2) is 0 Å². The molecule has 10 heteroatoms. The van der Waals surface area contributed by atoms with Crippen molar-refractivity contribution in [1.82, 2.24) is 35.2 Å². The number of urea groups is 1. The molecule has 4 aliphatic rings. The van der Waals surface area contributed by atoms with Gasteiger partial charge in [-0.2, -0.15) is 5.10 Å². The molecule has 4 fully saturated rings. The SMILES string of the molecule is O=C([C@@H](Cc1ccc(Cl)cc1)N[C@H]1CC[C@@H](N2CCNC2=O)CC1)N1CCC(Cn2cncn2)(C2CCCCC2)CC1. The van der Waals surface area contributed by atoms with Gasteiger partial charge in [-0.05, 0) is 86.8 Å². The molecule has 42 heavy (non-hydrogen) atoms. The highest BCUT2D eigenvalue weighted by molar-refractivity contribution is 6.30. The predicted octanol–water partition coefficient (Wildman–Crippen LogP) is 4.66. The second-order valence-corrected chi connectivity index (χ2v) is 13.5. The third-order valence-electron chi connectivity index (χ3n) is 10.6. The minimum atomic E-state index is -0.277. The van der Waals surface area contributed by atoms with Gasteiger partial charge in [0.25, 0.3) is 0 Å². The van der Waals surface area contributed by atoms with Gasteiger partial charge in [-0.25, -0.2) is 9.78 Å². The second kappa shape index (κ2) is 13.3. The van der Waals surface area contributed by atoms with Crippen molar-refractivity contribution < 1.29 is 9.59 Å². The number of rotatable bonds is 9. The molecule has 1 aromatic carbocycles. The fourth-order valence-electron chi connectivity index (χ4n) is 8.19. The predicted molar refractivity (Wildman–Crippen MR) is 163 cm³/mol. The van der Waals surface area contributed by atoms with E-state index < -0.39 is 0 Å². The Bertz CT molecular complexity index is 1170. The number of hydrogen-bond donors (Lipinski definition) is 2. The van der Waals surface area contributed by atoms with Crippen molar-refractivity contribution >= 4 is 23.5 Å². The number of carbonyl (C=O) groups excluding carboxylic acids is 2. The van der Waals surface area contributed by atoms with Crippen LogP contribution in [0.2, 0.25) is 5.02 Å². The standard InChI is InChI=1S/C32H46ClN7O2/c33-26-8-6-24(7-9-26)20-29(37-27-10-12-28(13-11-27)40-19-16-35-31(40)42)30(41)38-17-14-32(15-18-38,21-39-23-34-22-36-39)25-4-2-1-3-5-25/h6-9,22-23,25,27-29,37H,1-5,10-21H2,(H,35,42)/t27-,28+,29-/m1/s1. The van der Waals surface area contributed by atoms with E-state index in [-0.39, 0.29) is 29.4 Å². The van der Waals surface area contributed by atoms with E-state index >= 15 is 0 Å². The Morgan fingerprint density at radius 3 is 2.40 bits per heavy atom. The summed E-state index contributed by atoms with van der Waals surface area (Å²) in [7, 11) is 0. The van der Waals surface area contributed by atoms with E-state index in [1.165, 1.54) is 32.1 Å². The molecule has 3 heterocycles. The number of aromatic nitrogens is 3. The zero-order valence-corrected chi connectivity index (χ0v) is 25.5. The molecule has 2 N–H and O–H groups in total. The third-order valence-corrected chi connectivity index (χ3v) is 10.9. The van der Waals surface area contributed by atoms with Crippen LogP contribution in [0.15, 0.2) is 36.9 Å². The Morgan fingerprint density at radius 1 is 1.02 bits per heavy atom. The van der Waals surface area contributed by atoms with E-state index in [4.69, 9.17) is 11.6 Å². The fraction of sp³-hybridized carbons (Fsp3) is 0.688. The van der Waals surface area contributed by atoms with Gasteiger partial charge in [0.2, 0.25) is 5.91 Å². The van der Waals surface area contributed by atoms with Crippen molar-refractivity contribution in [3.05, 3.63) is 47.5 Å². The van der Waals surface area contributed by atoms with Crippen molar-refractivity contribution in [2.24, 2.45) is 11.3 Å². The molecular formula is C32H46ClN7O2. The zero-order valence-electron chi connectivity index (χ0n) is 24.7. The maximum Gasteiger partial charge on any atom is 0.317 e. The van der Waals surface area contributed by atoms with Gasteiger partial charge in [0.1, 0.15) is 12.7 Å². The summed E-state index contributed by atoms with van der Waals surface area (Å²) in [5.41, 5.74) is 1.29. The van der Waals surface area contributed by atoms with Gasteiger partial charge in [-0.15, -0.1) is 0 Å². The molecule has 2 aromatic rings. The average Bonchev–Trinajstić information content (AvgIpc) is 3.70. The molecule has 0 bridgehead atoms. The smallest absolute Gasteiger partial charge is 0.317 e. The van der Waals surface area contributed by atoms with Crippen LogP contribution in [-0.4, -0.2) is 80.8 Å². The van der Waals surface area contributed by atoms with Crippen LogP contribution in [0, 0.1) is 11.3 Å². The summed E-state index contributed by atoms with van der Waals surface area (Å²) in [6, 6.07) is 8.26. The lowest BCUT2D eigenvalue weighted by atomic mass is 9.63. The quantitative estimate of drug-likeness (QED) is 0.440. The van der Waals surface area contributed by atoms with Crippen molar-refractivity contribution in [2.45, 2.75) is 102 Å². The molecule has 9 nitrogen and oxygen atoms in total. The second-order valence-electron chi connectivity index (χ2n) is 13.1.